The second-order valence-electron chi connectivity index (χ2n) is 4.89. The normalized spacial score (nSPS) is 19.4. The number of imidazole rings is 1. The van der Waals surface area contributed by atoms with E-state index < -0.39 is 0 Å². The number of fused-ring (bicyclic) bond motifs is 1. The minimum atomic E-state index is -0.00538. The summed E-state index contributed by atoms with van der Waals surface area (Å²) in [6, 6.07) is 0. The van der Waals surface area contributed by atoms with E-state index in [1.807, 2.05) is 18.4 Å². The first-order valence-corrected chi connectivity index (χ1v) is 7.36. The van der Waals surface area contributed by atoms with Gasteiger partial charge in [-0.05, 0) is 44.7 Å². The molecule has 108 valence electrons. The van der Waals surface area contributed by atoms with E-state index in [-0.39, 0.29) is 11.5 Å². The van der Waals surface area contributed by atoms with E-state index in [2.05, 4.69) is 20.3 Å². The third-order valence-corrected chi connectivity index (χ3v) is 3.65. The van der Waals surface area contributed by atoms with Gasteiger partial charge in [0.25, 0.3) is 0 Å². The van der Waals surface area contributed by atoms with Crippen LogP contribution in [0.25, 0.3) is 11.2 Å². The smallest absolute Gasteiger partial charge is 0.226 e. The lowest BCUT2D eigenvalue weighted by Gasteiger charge is -2.25. The average molecular weight is 296 g/mol. The number of ether oxygens (including phenoxy) is 1. The summed E-state index contributed by atoms with van der Waals surface area (Å²) in [6.45, 7) is 5.51. The van der Waals surface area contributed by atoms with Gasteiger partial charge < -0.3 is 10.1 Å². The minimum Gasteiger partial charge on any atom is -0.368 e. The highest BCUT2D eigenvalue weighted by Gasteiger charge is 2.23. The Bertz CT molecular complexity index is 621. The summed E-state index contributed by atoms with van der Waals surface area (Å²) in [5, 5.41) is 3.41. The molecule has 6 nitrogen and oxygen atoms in total. The Labute approximate surface area is 122 Å². The highest BCUT2D eigenvalue weighted by atomic mass is 35.5. The predicted molar refractivity (Wildman–Crippen MR) is 78.1 cm³/mol. The lowest BCUT2D eigenvalue weighted by Crippen LogP contribution is -2.19. The molecule has 1 fully saturated rings. The van der Waals surface area contributed by atoms with Gasteiger partial charge in [0.2, 0.25) is 5.28 Å². The lowest BCUT2D eigenvalue weighted by molar-refractivity contribution is -0.0309. The van der Waals surface area contributed by atoms with Gasteiger partial charge in [0.1, 0.15) is 12.1 Å². The van der Waals surface area contributed by atoms with Crippen molar-refractivity contribution < 1.29 is 4.74 Å². The van der Waals surface area contributed by atoms with Gasteiger partial charge in [-0.25, -0.2) is 4.98 Å². The maximum absolute atomic E-state index is 6.04. The third kappa shape index (κ3) is 2.33. The SMILES string of the molecule is CCNc1nc(Cl)nc2c1nc(C)n2C1CCCCO1. The van der Waals surface area contributed by atoms with Gasteiger partial charge in [0.05, 0.1) is 0 Å². The second-order valence-corrected chi connectivity index (χ2v) is 5.23. The van der Waals surface area contributed by atoms with Crippen molar-refractivity contribution in [3.8, 4) is 0 Å². The molecule has 1 aliphatic rings. The van der Waals surface area contributed by atoms with Crippen LogP contribution >= 0.6 is 11.6 Å². The molecule has 1 unspecified atom stereocenters. The number of rotatable bonds is 3. The Hall–Kier alpha value is -1.40. The van der Waals surface area contributed by atoms with Crippen LogP contribution < -0.4 is 5.32 Å². The van der Waals surface area contributed by atoms with E-state index in [1.54, 1.807) is 0 Å². The summed E-state index contributed by atoms with van der Waals surface area (Å²) in [5.74, 6) is 1.56. The Morgan fingerprint density at radius 1 is 1.35 bits per heavy atom. The Kier molecular flexibility index (Phi) is 3.76. The van der Waals surface area contributed by atoms with Crippen LogP contribution in [-0.4, -0.2) is 32.7 Å². The van der Waals surface area contributed by atoms with Gasteiger partial charge in [0, 0.05) is 13.2 Å². The first-order chi connectivity index (χ1) is 9.70. The molecule has 1 saturated heterocycles. The quantitative estimate of drug-likeness (QED) is 0.882. The maximum Gasteiger partial charge on any atom is 0.226 e. The number of nitrogens with zero attached hydrogens (tertiary/aromatic N) is 4. The van der Waals surface area contributed by atoms with Gasteiger partial charge in [-0.2, -0.15) is 9.97 Å². The van der Waals surface area contributed by atoms with Gasteiger partial charge >= 0.3 is 0 Å². The fourth-order valence-corrected chi connectivity index (χ4v) is 2.78. The summed E-state index contributed by atoms with van der Waals surface area (Å²) in [4.78, 5) is 13.2. The molecule has 0 saturated carbocycles. The number of nitrogens with one attached hydrogen (secondary N) is 1. The molecule has 20 heavy (non-hydrogen) atoms. The molecule has 2 aromatic rings. The van der Waals surface area contributed by atoms with Crippen molar-refractivity contribution in [2.45, 2.75) is 39.3 Å². The predicted octanol–water partition coefficient (Wildman–Crippen LogP) is 2.92. The van der Waals surface area contributed by atoms with Crippen LogP contribution in [0.1, 0.15) is 38.2 Å². The highest BCUT2D eigenvalue weighted by Crippen LogP contribution is 2.30. The average Bonchev–Trinajstić information content (AvgIpc) is 2.76. The number of anilines is 1. The van der Waals surface area contributed by atoms with Crippen molar-refractivity contribution in [3.05, 3.63) is 11.1 Å². The maximum atomic E-state index is 6.04. The molecule has 1 atom stereocenters. The summed E-state index contributed by atoms with van der Waals surface area (Å²) < 4.78 is 7.88. The van der Waals surface area contributed by atoms with E-state index in [0.29, 0.717) is 5.82 Å². The molecule has 7 heteroatoms. The van der Waals surface area contributed by atoms with Gasteiger partial charge in [-0.3, -0.25) is 4.57 Å². The summed E-state index contributed by atoms with van der Waals surface area (Å²) >= 11 is 6.04. The van der Waals surface area contributed by atoms with E-state index >= 15 is 0 Å². The van der Waals surface area contributed by atoms with Crippen LogP contribution in [0.4, 0.5) is 5.82 Å². The molecule has 3 rings (SSSR count). The fourth-order valence-electron chi connectivity index (χ4n) is 2.62. The van der Waals surface area contributed by atoms with Crippen molar-refractivity contribution in [2.75, 3.05) is 18.5 Å². The topological polar surface area (TPSA) is 64.9 Å². The molecule has 0 aliphatic carbocycles. The monoisotopic (exact) mass is 295 g/mol. The number of hydrogen-bond donors (Lipinski definition) is 1. The van der Waals surface area contributed by atoms with Crippen LogP contribution in [-0.2, 0) is 4.74 Å². The minimum absolute atomic E-state index is 0.00538. The molecule has 0 spiro atoms. The molecule has 3 heterocycles. The van der Waals surface area contributed by atoms with Crippen molar-refractivity contribution in [2.24, 2.45) is 0 Å². The molecular weight excluding hydrogens is 278 g/mol. The van der Waals surface area contributed by atoms with Gasteiger partial charge in [-0.15, -0.1) is 0 Å². The Balaban J connectivity index is 2.14. The van der Waals surface area contributed by atoms with Crippen LogP contribution in [0.2, 0.25) is 5.28 Å². The Morgan fingerprint density at radius 3 is 2.90 bits per heavy atom. The summed E-state index contributed by atoms with van der Waals surface area (Å²) in [5.41, 5.74) is 1.49. The van der Waals surface area contributed by atoms with Crippen LogP contribution in [0.15, 0.2) is 0 Å². The number of halogens is 1. The fraction of sp³-hybridized carbons (Fsp3) is 0.615. The number of aromatic nitrogens is 4. The number of hydrogen-bond acceptors (Lipinski definition) is 5. The summed E-state index contributed by atoms with van der Waals surface area (Å²) in [7, 11) is 0. The largest absolute Gasteiger partial charge is 0.368 e. The zero-order chi connectivity index (χ0) is 14.1. The molecule has 1 aliphatic heterocycles. The van der Waals surface area contributed by atoms with Gasteiger partial charge in [-0.1, -0.05) is 0 Å². The first kappa shape index (κ1) is 13.6. The van der Waals surface area contributed by atoms with E-state index in [4.69, 9.17) is 16.3 Å². The van der Waals surface area contributed by atoms with Crippen molar-refractivity contribution >= 4 is 28.6 Å². The van der Waals surface area contributed by atoms with E-state index in [9.17, 15) is 0 Å². The molecule has 0 bridgehead atoms. The van der Waals surface area contributed by atoms with Crippen molar-refractivity contribution in [1.82, 2.24) is 19.5 Å². The zero-order valence-corrected chi connectivity index (χ0v) is 12.4. The molecular formula is C13H18ClN5O. The molecule has 2 aromatic heterocycles. The van der Waals surface area contributed by atoms with Crippen molar-refractivity contribution in [1.29, 1.82) is 0 Å². The van der Waals surface area contributed by atoms with E-state index in [1.165, 1.54) is 0 Å². The lowest BCUT2D eigenvalue weighted by atomic mass is 10.2. The van der Waals surface area contributed by atoms with E-state index in [0.717, 1.165) is 49.4 Å². The standard InChI is InChI=1S/C13H18ClN5O/c1-3-15-11-10-12(18-13(14)17-11)19(8(2)16-10)9-6-4-5-7-20-9/h9H,3-7H2,1-2H3,(H,15,17,18). The molecule has 0 amide bonds. The zero-order valence-electron chi connectivity index (χ0n) is 11.7. The van der Waals surface area contributed by atoms with Crippen molar-refractivity contribution in [3.63, 3.8) is 0 Å². The third-order valence-electron chi connectivity index (χ3n) is 3.48. The Morgan fingerprint density at radius 2 is 2.20 bits per heavy atom. The second kappa shape index (κ2) is 5.54. The molecule has 0 aromatic carbocycles. The summed E-state index contributed by atoms with van der Waals surface area (Å²) in [6.07, 6.45) is 3.24. The highest BCUT2D eigenvalue weighted by molar-refractivity contribution is 6.28. The van der Waals surface area contributed by atoms with Gasteiger partial charge in [0.15, 0.2) is 17.0 Å². The molecule has 1 N–H and O–H groups in total. The first-order valence-electron chi connectivity index (χ1n) is 6.98. The van der Waals surface area contributed by atoms with Crippen LogP contribution in [0.3, 0.4) is 0 Å². The number of aryl methyl sites for hydroxylation is 1. The van der Waals surface area contributed by atoms with Crippen LogP contribution in [0.5, 0.6) is 0 Å². The van der Waals surface area contributed by atoms with Crippen LogP contribution in [0, 0.1) is 6.92 Å². The molecule has 0 radical (unpaired) electrons.